The van der Waals surface area contributed by atoms with Crippen molar-refractivity contribution >= 4 is 17.4 Å². The molecule has 0 aromatic carbocycles. The lowest BCUT2D eigenvalue weighted by Gasteiger charge is -2.20. The number of hydrogen-bond donors (Lipinski definition) is 2. The van der Waals surface area contributed by atoms with Crippen molar-refractivity contribution in [2.75, 3.05) is 12.3 Å². The number of nitrogens with zero attached hydrogens (tertiary/aromatic N) is 2. The summed E-state index contributed by atoms with van der Waals surface area (Å²) in [5.41, 5.74) is 7.90. The standard InChI is InChI=1S/C14H17ClN4/c1-2-5-18-13(10-4-3-6-17-8-10)12-7-11(15)9-19-14(12)16/h3-4,6-9,13,18H,2,5H2,1H3,(H2,16,19). The van der Waals surface area contributed by atoms with Gasteiger partial charge in [-0.05, 0) is 30.7 Å². The Hall–Kier alpha value is -1.65. The summed E-state index contributed by atoms with van der Waals surface area (Å²) in [7, 11) is 0. The smallest absolute Gasteiger partial charge is 0.128 e. The first-order valence-corrected chi connectivity index (χ1v) is 6.64. The highest BCUT2D eigenvalue weighted by molar-refractivity contribution is 6.30. The fraction of sp³-hybridized carbons (Fsp3) is 0.286. The van der Waals surface area contributed by atoms with Gasteiger partial charge in [0.1, 0.15) is 5.82 Å². The molecule has 0 bridgehead atoms. The number of rotatable bonds is 5. The molecule has 0 amide bonds. The number of hydrogen-bond acceptors (Lipinski definition) is 4. The minimum absolute atomic E-state index is 0.0418. The normalized spacial score (nSPS) is 12.3. The van der Waals surface area contributed by atoms with Crippen molar-refractivity contribution in [3.05, 3.63) is 52.9 Å². The van der Waals surface area contributed by atoms with Gasteiger partial charge >= 0.3 is 0 Å². The Morgan fingerprint density at radius 3 is 2.95 bits per heavy atom. The van der Waals surface area contributed by atoms with Crippen LogP contribution in [0.1, 0.15) is 30.5 Å². The molecule has 2 aromatic rings. The van der Waals surface area contributed by atoms with Gasteiger partial charge in [0.15, 0.2) is 0 Å². The van der Waals surface area contributed by atoms with E-state index in [1.807, 2.05) is 24.4 Å². The molecule has 4 nitrogen and oxygen atoms in total. The molecule has 1 atom stereocenters. The van der Waals surface area contributed by atoms with E-state index < -0.39 is 0 Å². The maximum absolute atomic E-state index is 6.02. The maximum Gasteiger partial charge on any atom is 0.128 e. The molecule has 1 unspecified atom stereocenters. The summed E-state index contributed by atoms with van der Waals surface area (Å²) >= 11 is 6.02. The molecular formula is C14H17ClN4. The summed E-state index contributed by atoms with van der Waals surface area (Å²) in [6.07, 6.45) is 6.17. The second-order valence-electron chi connectivity index (χ2n) is 4.30. The van der Waals surface area contributed by atoms with Crippen LogP contribution < -0.4 is 11.1 Å². The van der Waals surface area contributed by atoms with Gasteiger partial charge in [-0.25, -0.2) is 4.98 Å². The van der Waals surface area contributed by atoms with Gasteiger partial charge in [-0.1, -0.05) is 24.6 Å². The summed E-state index contributed by atoms with van der Waals surface area (Å²) in [5, 5.41) is 4.03. The zero-order valence-electron chi connectivity index (χ0n) is 10.8. The molecule has 100 valence electrons. The van der Waals surface area contributed by atoms with Crippen molar-refractivity contribution in [1.82, 2.24) is 15.3 Å². The first kappa shape index (κ1) is 13.8. The Labute approximate surface area is 118 Å². The van der Waals surface area contributed by atoms with Gasteiger partial charge in [-0.2, -0.15) is 0 Å². The predicted octanol–water partition coefficient (Wildman–Crippen LogP) is 2.80. The van der Waals surface area contributed by atoms with E-state index in [9.17, 15) is 0 Å². The monoisotopic (exact) mass is 276 g/mol. The van der Waals surface area contributed by atoms with Crippen molar-refractivity contribution in [3.8, 4) is 0 Å². The van der Waals surface area contributed by atoms with Gasteiger partial charge in [0, 0.05) is 24.2 Å². The Bertz CT molecular complexity index is 530. The van der Waals surface area contributed by atoms with Crippen LogP contribution in [0.3, 0.4) is 0 Å². The molecule has 0 aliphatic heterocycles. The molecule has 19 heavy (non-hydrogen) atoms. The third-order valence-corrected chi connectivity index (χ3v) is 3.05. The van der Waals surface area contributed by atoms with E-state index in [1.54, 1.807) is 12.4 Å². The van der Waals surface area contributed by atoms with Crippen molar-refractivity contribution in [2.24, 2.45) is 0 Å². The van der Waals surface area contributed by atoms with Gasteiger partial charge in [0.25, 0.3) is 0 Å². The third kappa shape index (κ3) is 3.43. The largest absolute Gasteiger partial charge is 0.383 e. The van der Waals surface area contributed by atoms with Crippen LogP contribution in [-0.2, 0) is 0 Å². The van der Waals surface area contributed by atoms with E-state index in [0.717, 1.165) is 24.1 Å². The molecule has 0 saturated heterocycles. The molecule has 0 aliphatic carbocycles. The molecule has 0 fully saturated rings. The van der Waals surface area contributed by atoms with Crippen molar-refractivity contribution in [1.29, 1.82) is 0 Å². The SMILES string of the molecule is CCCNC(c1cccnc1)c1cc(Cl)cnc1N. The van der Waals surface area contributed by atoms with Crippen LogP contribution in [-0.4, -0.2) is 16.5 Å². The van der Waals surface area contributed by atoms with Crippen molar-refractivity contribution in [2.45, 2.75) is 19.4 Å². The van der Waals surface area contributed by atoms with Gasteiger partial charge in [-0.15, -0.1) is 0 Å². The van der Waals surface area contributed by atoms with Gasteiger partial charge < -0.3 is 11.1 Å². The Morgan fingerprint density at radius 2 is 2.26 bits per heavy atom. The zero-order chi connectivity index (χ0) is 13.7. The van der Waals surface area contributed by atoms with Crippen LogP contribution in [0.2, 0.25) is 5.02 Å². The minimum Gasteiger partial charge on any atom is -0.383 e. The molecule has 2 rings (SSSR count). The fourth-order valence-corrected chi connectivity index (χ4v) is 2.11. The first-order valence-electron chi connectivity index (χ1n) is 6.26. The van der Waals surface area contributed by atoms with Crippen molar-refractivity contribution in [3.63, 3.8) is 0 Å². The average Bonchev–Trinajstić information content (AvgIpc) is 2.44. The molecule has 0 saturated carbocycles. The minimum atomic E-state index is -0.0418. The topological polar surface area (TPSA) is 63.8 Å². The number of pyridine rings is 2. The van der Waals surface area contributed by atoms with Gasteiger partial charge in [0.2, 0.25) is 0 Å². The Morgan fingerprint density at radius 1 is 1.42 bits per heavy atom. The zero-order valence-corrected chi connectivity index (χ0v) is 11.6. The average molecular weight is 277 g/mol. The number of anilines is 1. The highest BCUT2D eigenvalue weighted by atomic mass is 35.5. The molecule has 2 aromatic heterocycles. The van der Waals surface area contributed by atoms with Crippen LogP contribution in [0.5, 0.6) is 0 Å². The van der Waals surface area contributed by atoms with Crippen LogP contribution in [0.4, 0.5) is 5.82 Å². The molecule has 3 N–H and O–H groups in total. The highest BCUT2D eigenvalue weighted by Crippen LogP contribution is 2.27. The number of nitrogen functional groups attached to an aromatic ring is 1. The molecule has 0 spiro atoms. The Kier molecular flexibility index (Phi) is 4.71. The van der Waals surface area contributed by atoms with E-state index in [0.29, 0.717) is 10.8 Å². The molecular weight excluding hydrogens is 260 g/mol. The summed E-state index contributed by atoms with van der Waals surface area (Å²) in [6.45, 7) is 3.00. The van der Waals surface area contributed by atoms with Crippen LogP contribution in [0.25, 0.3) is 0 Å². The van der Waals surface area contributed by atoms with Crippen molar-refractivity contribution < 1.29 is 0 Å². The summed E-state index contributed by atoms with van der Waals surface area (Å²) in [4.78, 5) is 8.28. The first-order chi connectivity index (χ1) is 9.22. The molecule has 0 radical (unpaired) electrons. The Balaban J connectivity index is 2.40. The summed E-state index contributed by atoms with van der Waals surface area (Å²) < 4.78 is 0. The lowest BCUT2D eigenvalue weighted by molar-refractivity contribution is 0.597. The van der Waals surface area contributed by atoms with E-state index in [4.69, 9.17) is 17.3 Å². The number of nitrogens with one attached hydrogen (secondary N) is 1. The van der Waals surface area contributed by atoms with Crippen LogP contribution >= 0.6 is 11.6 Å². The summed E-state index contributed by atoms with van der Waals surface area (Å²) in [5.74, 6) is 0.488. The van der Waals surface area contributed by atoms with E-state index >= 15 is 0 Å². The lowest BCUT2D eigenvalue weighted by atomic mass is 10.0. The number of halogens is 1. The number of aromatic nitrogens is 2. The second-order valence-corrected chi connectivity index (χ2v) is 4.74. The lowest BCUT2D eigenvalue weighted by Crippen LogP contribution is -2.24. The quantitative estimate of drug-likeness (QED) is 0.881. The molecule has 2 heterocycles. The van der Waals surface area contributed by atoms with Gasteiger partial charge in [-0.3, -0.25) is 4.98 Å². The molecule has 5 heteroatoms. The van der Waals surface area contributed by atoms with Crippen LogP contribution in [0, 0.1) is 0 Å². The fourth-order valence-electron chi connectivity index (χ4n) is 1.94. The maximum atomic E-state index is 6.02. The second kappa shape index (κ2) is 6.50. The van der Waals surface area contributed by atoms with E-state index in [-0.39, 0.29) is 6.04 Å². The highest BCUT2D eigenvalue weighted by Gasteiger charge is 2.17. The summed E-state index contributed by atoms with van der Waals surface area (Å²) in [6, 6.07) is 5.73. The number of nitrogens with two attached hydrogens (primary N) is 1. The van der Waals surface area contributed by atoms with E-state index in [1.165, 1.54) is 0 Å². The predicted molar refractivity (Wildman–Crippen MR) is 78.0 cm³/mol. The van der Waals surface area contributed by atoms with E-state index in [2.05, 4.69) is 22.2 Å². The van der Waals surface area contributed by atoms with Gasteiger partial charge in [0.05, 0.1) is 11.1 Å². The third-order valence-electron chi connectivity index (χ3n) is 2.84. The van der Waals surface area contributed by atoms with Crippen LogP contribution in [0.15, 0.2) is 36.8 Å². The molecule has 0 aliphatic rings.